The molecule has 3 aromatic carbocycles. The van der Waals surface area contributed by atoms with Crippen molar-refractivity contribution < 1.29 is 28.6 Å². The molecular weight excluding hydrogens is 508 g/mol. The number of amides is 2. The monoisotopic (exact) mass is 544 g/mol. The van der Waals surface area contributed by atoms with Crippen LogP contribution in [0.1, 0.15) is 48.8 Å². The molecule has 0 aromatic heterocycles. The Morgan fingerprint density at radius 1 is 0.800 bits per heavy atom. The van der Waals surface area contributed by atoms with Gasteiger partial charge in [-0.05, 0) is 54.0 Å². The number of benzene rings is 3. The Labute approximate surface area is 235 Å². The number of ketones is 1. The van der Waals surface area contributed by atoms with Gasteiger partial charge in [0.05, 0.1) is 6.04 Å². The van der Waals surface area contributed by atoms with Gasteiger partial charge in [-0.2, -0.15) is 0 Å². The van der Waals surface area contributed by atoms with Crippen LogP contribution in [0.3, 0.4) is 0 Å². The van der Waals surface area contributed by atoms with E-state index in [0.717, 1.165) is 16.7 Å². The molecule has 0 fully saturated rings. The Kier molecular flexibility index (Phi) is 10.7. The first-order chi connectivity index (χ1) is 19.6. The van der Waals surface area contributed by atoms with Crippen molar-refractivity contribution in [1.29, 1.82) is 0 Å². The van der Waals surface area contributed by atoms with Gasteiger partial charge in [0.25, 0.3) is 0 Å². The van der Waals surface area contributed by atoms with Gasteiger partial charge in [-0.1, -0.05) is 78.9 Å². The van der Waals surface area contributed by atoms with E-state index < -0.39 is 18.2 Å². The van der Waals surface area contributed by atoms with E-state index in [-0.39, 0.29) is 31.5 Å². The fourth-order valence-corrected chi connectivity index (χ4v) is 4.84. The Hall–Kier alpha value is -4.17. The number of ether oxygens (including phenoxy) is 3. The molecule has 210 valence electrons. The van der Waals surface area contributed by atoms with Crippen molar-refractivity contribution in [1.82, 2.24) is 10.6 Å². The van der Waals surface area contributed by atoms with E-state index in [1.165, 1.54) is 11.1 Å². The molecule has 40 heavy (non-hydrogen) atoms. The minimum absolute atomic E-state index is 0.00276. The number of unbranched alkanes of at least 4 members (excludes halogenated alkanes) is 1. The average molecular weight is 545 g/mol. The van der Waals surface area contributed by atoms with Crippen molar-refractivity contribution in [2.45, 2.75) is 44.8 Å². The normalized spacial score (nSPS) is 12.6. The topological polar surface area (TPSA) is 103 Å². The molecule has 2 amide bonds. The lowest BCUT2D eigenvalue weighted by molar-refractivity contribution is -0.125. The summed E-state index contributed by atoms with van der Waals surface area (Å²) >= 11 is 0. The van der Waals surface area contributed by atoms with Gasteiger partial charge in [0.1, 0.15) is 19.8 Å². The molecular formula is C32H36N2O6. The maximum absolute atomic E-state index is 12.6. The number of hydrogen-bond donors (Lipinski definition) is 2. The lowest BCUT2D eigenvalue weighted by Crippen LogP contribution is -2.42. The second-order valence-electron chi connectivity index (χ2n) is 9.61. The lowest BCUT2D eigenvalue weighted by atomic mass is 9.98. The smallest absolute Gasteiger partial charge is 0.408 e. The molecule has 0 saturated carbocycles. The predicted octanol–water partition coefficient (Wildman–Crippen LogP) is 5.60. The summed E-state index contributed by atoms with van der Waals surface area (Å²) in [4.78, 5) is 37.3. The second kappa shape index (κ2) is 14.8. The summed E-state index contributed by atoms with van der Waals surface area (Å²) in [6.07, 6.45) is 0.483. The van der Waals surface area contributed by atoms with Crippen molar-refractivity contribution in [2.24, 2.45) is 0 Å². The number of rotatable bonds is 14. The summed E-state index contributed by atoms with van der Waals surface area (Å²) in [5.74, 6) is -0.217. The van der Waals surface area contributed by atoms with E-state index in [1.807, 2.05) is 54.6 Å². The van der Waals surface area contributed by atoms with E-state index in [2.05, 4.69) is 34.9 Å². The summed E-state index contributed by atoms with van der Waals surface area (Å²) in [5.41, 5.74) is 5.54. The molecule has 2 N–H and O–H groups in total. The van der Waals surface area contributed by atoms with Crippen molar-refractivity contribution in [2.75, 3.05) is 26.4 Å². The number of hydrogen-bond acceptors (Lipinski definition) is 6. The quantitative estimate of drug-likeness (QED) is 0.256. The molecule has 8 nitrogen and oxygen atoms in total. The van der Waals surface area contributed by atoms with Crippen molar-refractivity contribution in [3.8, 4) is 11.1 Å². The zero-order valence-corrected chi connectivity index (χ0v) is 22.8. The van der Waals surface area contributed by atoms with Crippen LogP contribution in [0.25, 0.3) is 11.1 Å². The van der Waals surface area contributed by atoms with Crippen molar-refractivity contribution in [3.05, 3.63) is 95.6 Å². The van der Waals surface area contributed by atoms with Crippen LogP contribution in [0.5, 0.6) is 0 Å². The summed E-state index contributed by atoms with van der Waals surface area (Å²) in [6.45, 7) is 2.88. The number of Topliss-reactive ketones (excluding diaryl/α,β-unsaturated/α-hetero) is 1. The largest absolute Gasteiger partial charge is 0.449 e. The van der Waals surface area contributed by atoms with Gasteiger partial charge < -0.3 is 24.8 Å². The first kappa shape index (κ1) is 28.8. The highest BCUT2D eigenvalue weighted by molar-refractivity contribution is 5.88. The summed E-state index contributed by atoms with van der Waals surface area (Å²) < 4.78 is 16.1. The lowest BCUT2D eigenvalue weighted by Gasteiger charge is -2.18. The molecule has 0 saturated heterocycles. The van der Waals surface area contributed by atoms with E-state index in [0.29, 0.717) is 32.4 Å². The third-order valence-electron chi connectivity index (χ3n) is 6.87. The first-order valence-electron chi connectivity index (χ1n) is 13.7. The number of fused-ring (bicyclic) bond motifs is 3. The minimum Gasteiger partial charge on any atom is -0.449 e. The SMILES string of the molecule is CCOCC(=O)[C@H](CCCCNC(=O)OCC1c2ccccc2-c2ccccc21)NC(=O)OCc1ccccc1. The zero-order valence-electron chi connectivity index (χ0n) is 22.8. The molecule has 1 atom stereocenters. The van der Waals surface area contributed by atoms with Gasteiger partial charge >= 0.3 is 12.2 Å². The zero-order chi connectivity index (χ0) is 28.2. The van der Waals surface area contributed by atoms with Gasteiger partial charge in [-0.15, -0.1) is 0 Å². The fraction of sp³-hybridized carbons (Fsp3) is 0.344. The van der Waals surface area contributed by atoms with Crippen LogP contribution >= 0.6 is 0 Å². The minimum atomic E-state index is -0.732. The van der Waals surface area contributed by atoms with Crippen LogP contribution in [0, 0.1) is 0 Å². The van der Waals surface area contributed by atoms with Gasteiger partial charge in [-0.3, -0.25) is 4.79 Å². The summed E-state index contributed by atoms with van der Waals surface area (Å²) in [6, 6.07) is 25.0. The Morgan fingerprint density at radius 3 is 2.12 bits per heavy atom. The molecule has 0 radical (unpaired) electrons. The van der Waals surface area contributed by atoms with Crippen LogP contribution in [-0.2, 0) is 25.6 Å². The molecule has 0 spiro atoms. The number of carbonyl (C=O) groups excluding carboxylic acids is 3. The van der Waals surface area contributed by atoms with Crippen LogP contribution in [0.15, 0.2) is 78.9 Å². The van der Waals surface area contributed by atoms with Crippen LogP contribution in [0.4, 0.5) is 9.59 Å². The fourth-order valence-electron chi connectivity index (χ4n) is 4.84. The molecule has 0 unspecified atom stereocenters. The average Bonchev–Trinajstić information content (AvgIpc) is 3.31. The third-order valence-corrected chi connectivity index (χ3v) is 6.87. The highest BCUT2D eigenvalue weighted by Crippen LogP contribution is 2.44. The second-order valence-corrected chi connectivity index (χ2v) is 9.61. The highest BCUT2D eigenvalue weighted by atomic mass is 16.6. The molecule has 3 aromatic rings. The Morgan fingerprint density at radius 2 is 1.45 bits per heavy atom. The standard InChI is InChI=1S/C32H36N2O6/c1-2-38-22-30(35)29(34-32(37)39-20-23-12-4-3-5-13-23)18-10-11-19-33-31(36)40-21-28-26-16-8-6-14-24(26)25-15-7-9-17-27(25)28/h3-9,12-17,28-29H,2,10-11,18-22H2,1H3,(H,33,36)(H,34,37)/t29-/m0/s1. The number of carbonyl (C=O) groups is 3. The molecule has 8 heteroatoms. The Bertz CT molecular complexity index is 1230. The van der Waals surface area contributed by atoms with Crippen molar-refractivity contribution >= 4 is 18.0 Å². The molecule has 4 rings (SSSR count). The van der Waals surface area contributed by atoms with E-state index in [1.54, 1.807) is 6.92 Å². The molecule has 0 heterocycles. The van der Waals surface area contributed by atoms with Gasteiger partial charge in [0, 0.05) is 19.1 Å². The third kappa shape index (κ3) is 7.93. The Balaban J connectivity index is 1.19. The van der Waals surface area contributed by atoms with Gasteiger partial charge in [0.15, 0.2) is 5.78 Å². The van der Waals surface area contributed by atoms with Crippen LogP contribution in [-0.4, -0.2) is 50.4 Å². The molecule has 1 aliphatic carbocycles. The number of nitrogens with one attached hydrogen (secondary N) is 2. The van der Waals surface area contributed by atoms with E-state index in [9.17, 15) is 14.4 Å². The van der Waals surface area contributed by atoms with Crippen LogP contribution < -0.4 is 10.6 Å². The molecule has 0 bridgehead atoms. The first-order valence-corrected chi connectivity index (χ1v) is 13.7. The van der Waals surface area contributed by atoms with Crippen LogP contribution in [0.2, 0.25) is 0 Å². The maximum atomic E-state index is 12.6. The van der Waals surface area contributed by atoms with Crippen molar-refractivity contribution in [3.63, 3.8) is 0 Å². The van der Waals surface area contributed by atoms with Gasteiger partial charge in [-0.25, -0.2) is 9.59 Å². The highest BCUT2D eigenvalue weighted by Gasteiger charge is 2.29. The summed E-state index contributed by atoms with van der Waals surface area (Å²) in [7, 11) is 0. The predicted molar refractivity (Wildman–Crippen MR) is 152 cm³/mol. The maximum Gasteiger partial charge on any atom is 0.408 e. The van der Waals surface area contributed by atoms with Gasteiger partial charge in [0.2, 0.25) is 0 Å². The van der Waals surface area contributed by atoms with E-state index in [4.69, 9.17) is 14.2 Å². The molecule has 0 aliphatic heterocycles. The van der Waals surface area contributed by atoms with E-state index >= 15 is 0 Å². The molecule has 1 aliphatic rings. The summed E-state index contributed by atoms with van der Waals surface area (Å²) in [5, 5.41) is 5.45. The number of alkyl carbamates (subject to hydrolysis) is 2.